The summed E-state index contributed by atoms with van der Waals surface area (Å²) in [6.07, 6.45) is 0.567. The summed E-state index contributed by atoms with van der Waals surface area (Å²) >= 11 is 0. The van der Waals surface area contributed by atoms with E-state index in [4.69, 9.17) is 0 Å². The first-order chi connectivity index (χ1) is 9.42. The van der Waals surface area contributed by atoms with Gasteiger partial charge in [0, 0.05) is 17.0 Å². The van der Waals surface area contributed by atoms with Gasteiger partial charge in [-0.05, 0) is 26.3 Å². The highest BCUT2D eigenvalue weighted by atomic mass is 16.2. The number of aromatic nitrogens is 1. The van der Waals surface area contributed by atoms with Crippen LogP contribution >= 0.6 is 0 Å². The first kappa shape index (κ1) is 14.5. The zero-order valence-corrected chi connectivity index (χ0v) is 11.9. The molecule has 1 fully saturated rings. The Kier molecular flexibility index (Phi) is 4.04. The van der Waals surface area contributed by atoms with Gasteiger partial charge in [-0.3, -0.25) is 24.6 Å². The van der Waals surface area contributed by atoms with E-state index in [0.717, 1.165) is 11.4 Å². The molecular weight excluding hydrogens is 258 g/mol. The summed E-state index contributed by atoms with van der Waals surface area (Å²) in [7, 11) is 0. The van der Waals surface area contributed by atoms with E-state index >= 15 is 0 Å². The summed E-state index contributed by atoms with van der Waals surface area (Å²) in [5.41, 5.74) is 2.36. The van der Waals surface area contributed by atoms with Gasteiger partial charge in [-0.15, -0.1) is 0 Å². The average Bonchev–Trinajstić information content (AvgIpc) is 2.68. The first-order valence-electron chi connectivity index (χ1n) is 6.69. The predicted molar refractivity (Wildman–Crippen MR) is 73.4 cm³/mol. The maximum atomic E-state index is 12.3. The number of nitrogens with one attached hydrogen (secondary N) is 2. The number of amides is 2. The number of ketones is 1. The van der Waals surface area contributed by atoms with Crippen LogP contribution in [-0.2, 0) is 9.59 Å². The fraction of sp³-hybridized carbons (Fsp3) is 0.500. The molecular formula is C14H19N3O3. The molecule has 6 nitrogen and oxygen atoms in total. The topological polar surface area (TPSA) is 82.3 Å². The van der Waals surface area contributed by atoms with Crippen LogP contribution in [0.5, 0.6) is 0 Å². The van der Waals surface area contributed by atoms with Crippen molar-refractivity contribution in [2.24, 2.45) is 0 Å². The normalized spacial score (nSPS) is 20.1. The van der Waals surface area contributed by atoms with Crippen molar-refractivity contribution in [3.8, 4) is 0 Å². The Morgan fingerprint density at radius 2 is 2.10 bits per heavy atom. The second kappa shape index (κ2) is 5.58. The third kappa shape index (κ3) is 2.80. The molecule has 1 aliphatic rings. The molecule has 2 N–H and O–H groups in total. The molecule has 0 aromatic carbocycles. The maximum Gasteiger partial charge on any atom is 0.243 e. The summed E-state index contributed by atoms with van der Waals surface area (Å²) in [5.74, 6) is -0.749. The van der Waals surface area contributed by atoms with Crippen LogP contribution in [-0.4, -0.2) is 46.6 Å². The molecule has 1 aromatic heterocycles. The smallest absolute Gasteiger partial charge is 0.243 e. The predicted octanol–water partition coefficient (Wildman–Crippen LogP) is 0.551. The van der Waals surface area contributed by atoms with Gasteiger partial charge < -0.3 is 4.98 Å². The van der Waals surface area contributed by atoms with E-state index in [9.17, 15) is 14.4 Å². The Labute approximate surface area is 117 Å². The molecule has 1 atom stereocenters. The number of aromatic amines is 1. The Morgan fingerprint density at radius 3 is 2.65 bits per heavy atom. The van der Waals surface area contributed by atoms with E-state index in [1.807, 2.05) is 20.8 Å². The van der Waals surface area contributed by atoms with Crippen LogP contribution in [0.25, 0.3) is 0 Å². The van der Waals surface area contributed by atoms with Crippen LogP contribution in [0, 0.1) is 13.8 Å². The molecule has 0 spiro atoms. The molecule has 20 heavy (non-hydrogen) atoms. The van der Waals surface area contributed by atoms with Gasteiger partial charge in [-0.2, -0.15) is 0 Å². The van der Waals surface area contributed by atoms with Crippen LogP contribution in [0.4, 0.5) is 0 Å². The molecule has 2 amide bonds. The van der Waals surface area contributed by atoms with Crippen LogP contribution in [0.3, 0.4) is 0 Å². The number of carbonyl (C=O) groups excluding carboxylic acids is 3. The van der Waals surface area contributed by atoms with Gasteiger partial charge in [-0.25, -0.2) is 0 Å². The van der Waals surface area contributed by atoms with E-state index in [2.05, 4.69) is 10.3 Å². The fourth-order valence-corrected chi connectivity index (χ4v) is 2.61. The fourth-order valence-electron chi connectivity index (χ4n) is 2.61. The molecule has 6 heteroatoms. The molecule has 2 rings (SSSR count). The van der Waals surface area contributed by atoms with Crippen molar-refractivity contribution in [3.05, 3.63) is 23.0 Å². The number of aryl methyl sites for hydroxylation is 2. The van der Waals surface area contributed by atoms with Crippen molar-refractivity contribution in [3.63, 3.8) is 0 Å². The molecule has 1 aromatic rings. The van der Waals surface area contributed by atoms with Gasteiger partial charge in [0.05, 0.1) is 19.1 Å². The lowest BCUT2D eigenvalue weighted by Crippen LogP contribution is -2.58. The summed E-state index contributed by atoms with van der Waals surface area (Å²) < 4.78 is 0. The number of rotatable bonds is 4. The molecule has 0 aliphatic carbocycles. The molecule has 108 valence electrons. The highest BCUT2D eigenvalue weighted by Crippen LogP contribution is 2.14. The van der Waals surface area contributed by atoms with Gasteiger partial charge in [0.15, 0.2) is 5.78 Å². The zero-order valence-electron chi connectivity index (χ0n) is 11.9. The first-order valence-corrected chi connectivity index (χ1v) is 6.69. The van der Waals surface area contributed by atoms with E-state index in [1.165, 1.54) is 0 Å². The van der Waals surface area contributed by atoms with Gasteiger partial charge in [-0.1, -0.05) is 6.92 Å². The van der Waals surface area contributed by atoms with Crippen LogP contribution in [0.2, 0.25) is 0 Å². The molecule has 2 heterocycles. The number of H-pyrrole nitrogens is 1. The Hall–Kier alpha value is -1.95. The summed E-state index contributed by atoms with van der Waals surface area (Å²) in [6, 6.07) is 1.38. The Balaban J connectivity index is 2.15. The lowest BCUT2D eigenvalue weighted by molar-refractivity contribution is -0.139. The Morgan fingerprint density at radius 1 is 1.40 bits per heavy atom. The van der Waals surface area contributed by atoms with Crippen molar-refractivity contribution in [2.45, 2.75) is 33.2 Å². The number of nitrogens with zero attached hydrogens (tertiary/aromatic N) is 1. The highest BCUT2D eigenvalue weighted by molar-refractivity contribution is 6.03. The standard InChI is InChI=1S/C14H19N3O3/c1-4-11-14(20)16-13(19)7-17(11)6-12(18)10-5-8(2)15-9(10)3/h5,11,15H,4,6-7H2,1-3H3,(H,16,19,20). The van der Waals surface area contributed by atoms with Crippen molar-refractivity contribution in [1.82, 2.24) is 15.2 Å². The minimum Gasteiger partial charge on any atom is -0.362 e. The number of carbonyl (C=O) groups is 3. The SMILES string of the molecule is CCC1C(=O)NC(=O)CN1CC(=O)c1cc(C)[nH]c1C. The minimum atomic E-state index is -0.419. The third-order valence-electron chi connectivity index (χ3n) is 3.54. The summed E-state index contributed by atoms with van der Waals surface area (Å²) in [5, 5.41) is 2.30. The monoisotopic (exact) mass is 277 g/mol. The molecule has 1 aliphatic heterocycles. The van der Waals surface area contributed by atoms with Gasteiger partial charge in [0.2, 0.25) is 11.8 Å². The number of Topliss-reactive ketones (excluding diaryl/α,β-unsaturated/α-hetero) is 1. The number of imide groups is 1. The minimum absolute atomic E-state index is 0.0761. The van der Waals surface area contributed by atoms with Gasteiger partial charge in [0.25, 0.3) is 0 Å². The quantitative estimate of drug-likeness (QED) is 0.622. The van der Waals surface area contributed by atoms with E-state index < -0.39 is 6.04 Å². The van der Waals surface area contributed by atoms with Crippen molar-refractivity contribution < 1.29 is 14.4 Å². The van der Waals surface area contributed by atoms with E-state index in [0.29, 0.717) is 12.0 Å². The third-order valence-corrected chi connectivity index (χ3v) is 3.54. The summed E-state index contributed by atoms with van der Waals surface area (Å²) in [6.45, 7) is 5.75. The van der Waals surface area contributed by atoms with E-state index in [-0.39, 0.29) is 30.7 Å². The van der Waals surface area contributed by atoms with Gasteiger partial charge >= 0.3 is 0 Å². The largest absolute Gasteiger partial charge is 0.362 e. The van der Waals surface area contributed by atoms with Crippen LogP contribution in [0.1, 0.15) is 35.1 Å². The van der Waals surface area contributed by atoms with Crippen LogP contribution < -0.4 is 5.32 Å². The average molecular weight is 277 g/mol. The number of hydrogen-bond donors (Lipinski definition) is 2. The summed E-state index contributed by atoms with van der Waals surface area (Å²) in [4.78, 5) is 40.2. The maximum absolute atomic E-state index is 12.3. The van der Waals surface area contributed by atoms with Crippen molar-refractivity contribution in [2.75, 3.05) is 13.1 Å². The van der Waals surface area contributed by atoms with Gasteiger partial charge in [0.1, 0.15) is 0 Å². The van der Waals surface area contributed by atoms with E-state index in [1.54, 1.807) is 11.0 Å². The lowest BCUT2D eigenvalue weighted by atomic mass is 10.1. The van der Waals surface area contributed by atoms with Crippen molar-refractivity contribution in [1.29, 1.82) is 0 Å². The highest BCUT2D eigenvalue weighted by Gasteiger charge is 2.33. The second-order valence-electron chi connectivity index (χ2n) is 5.16. The number of piperazine rings is 1. The Bertz CT molecular complexity index is 562. The molecule has 0 saturated carbocycles. The molecule has 1 saturated heterocycles. The molecule has 0 radical (unpaired) electrons. The second-order valence-corrected chi connectivity index (χ2v) is 5.16. The van der Waals surface area contributed by atoms with Crippen molar-refractivity contribution >= 4 is 17.6 Å². The zero-order chi connectivity index (χ0) is 14.9. The molecule has 0 bridgehead atoms. The van der Waals surface area contributed by atoms with Crippen LogP contribution in [0.15, 0.2) is 6.07 Å². The lowest BCUT2D eigenvalue weighted by Gasteiger charge is -2.32. The molecule has 1 unspecified atom stereocenters. The number of hydrogen-bond acceptors (Lipinski definition) is 4.